The summed E-state index contributed by atoms with van der Waals surface area (Å²) >= 11 is 0. The first-order valence-corrected chi connectivity index (χ1v) is 18.0. The van der Waals surface area contributed by atoms with Gasteiger partial charge in [-0.3, -0.25) is 4.98 Å². The quantitative estimate of drug-likeness (QED) is 0.342. The highest BCUT2D eigenvalue weighted by atomic mass is 28.4. The highest BCUT2D eigenvalue weighted by Crippen LogP contribution is 2.52. The van der Waals surface area contributed by atoms with Gasteiger partial charge in [0.15, 0.2) is 8.32 Å². The van der Waals surface area contributed by atoms with E-state index in [1.165, 1.54) is 17.7 Å². The van der Waals surface area contributed by atoms with Gasteiger partial charge in [0.2, 0.25) is 0 Å². The summed E-state index contributed by atoms with van der Waals surface area (Å²) in [5.74, 6) is 0.0205. The average Bonchev–Trinajstić information content (AvgIpc) is 2.85. The summed E-state index contributed by atoms with van der Waals surface area (Å²) in [5, 5.41) is 12.0. The van der Waals surface area contributed by atoms with Crippen molar-refractivity contribution in [2.24, 2.45) is 5.41 Å². The third-order valence-electron chi connectivity index (χ3n) is 9.32. The normalized spacial score (nSPS) is 20.5. The second kappa shape index (κ2) is 11.3. The fraction of sp³-hybridized carbons (Fsp3) is 0.618. The van der Waals surface area contributed by atoms with E-state index in [0.717, 1.165) is 78.7 Å². The molecule has 226 valence electrons. The maximum Gasteiger partial charge on any atom is 0.416 e. The van der Waals surface area contributed by atoms with Crippen molar-refractivity contribution in [3.05, 3.63) is 69.5 Å². The van der Waals surface area contributed by atoms with Gasteiger partial charge in [-0.15, -0.1) is 0 Å². The Balaban J connectivity index is 2.01. The molecule has 0 spiro atoms. The smallest absolute Gasteiger partial charge is 0.410 e. The predicted octanol–water partition coefficient (Wildman–Crippen LogP) is 10.3. The van der Waals surface area contributed by atoms with Crippen LogP contribution in [0.2, 0.25) is 18.1 Å². The van der Waals surface area contributed by atoms with Crippen molar-refractivity contribution in [2.75, 3.05) is 0 Å². The van der Waals surface area contributed by atoms with Crippen molar-refractivity contribution >= 4 is 13.9 Å². The first-order valence-electron chi connectivity index (χ1n) is 15.1. The first-order chi connectivity index (χ1) is 18.8. The number of aromatic nitrogens is 1. The van der Waals surface area contributed by atoms with Gasteiger partial charge in [0.25, 0.3) is 0 Å². The average molecular weight is 588 g/mol. The number of alkyl halides is 3. The van der Waals surface area contributed by atoms with Gasteiger partial charge in [-0.05, 0) is 96.8 Å². The Kier molecular flexibility index (Phi) is 8.79. The van der Waals surface area contributed by atoms with Gasteiger partial charge in [-0.25, -0.2) is 0 Å². The molecule has 2 atom stereocenters. The molecule has 3 nitrogen and oxygen atoms in total. The molecule has 0 amide bonds. The molecular formula is C34H48F3NO2Si. The van der Waals surface area contributed by atoms with E-state index in [-0.39, 0.29) is 22.5 Å². The molecule has 4 rings (SSSR count). The van der Waals surface area contributed by atoms with Crippen LogP contribution in [-0.2, 0) is 17.0 Å². The van der Waals surface area contributed by atoms with Gasteiger partial charge in [0, 0.05) is 22.5 Å². The summed E-state index contributed by atoms with van der Waals surface area (Å²) < 4.78 is 47.2. The van der Waals surface area contributed by atoms with Gasteiger partial charge in [0.05, 0.1) is 11.7 Å². The topological polar surface area (TPSA) is 42.4 Å². The number of pyridine rings is 1. The van der Waals surface area contributed by atoms with Gasteiger partial charge >= 0.3 is 6.18 Å². The monoisotopic (exact) mass is 587 g/mol. The summed E-state index contributed by atoms with van der Waals surface area (Å²) in [6, 6.07) is 4.93. The molecule has 0 aliphatic heterocycles. The molecule has 0 saturated carbocycles. The number of nitrogens with zero attached hydrogens (tertiary/aromatic N) is 1. The summed E-state index contributed by atoms with van der Waals surface area (Å²) in [5.41, 5.74) is 5.64. The number of hydrogen-bond acceptors (Lipinski definition) is 3. The second-order valence-electron chi connectivity index (χ2n) is 14.7. The molecule has 2 aliphatic carbocycles. The highest BCUT2D eigenvalue weighted by molar-refractivity contribution is 6.74. The van der Waals surface area contributed by atoms with Crippen LogP contribution in [0, 0.1) is 5.41 Å². The van der Waals surface area contributed by atoms with Crippen LogP contribution in [0.4, 0.5) is 13.2 Å². The summed E-state index contributed by atoms with van der Waals surface area (Å²) in [7, 11) is -2.18. The SMILES string of the molecule is CC(C)c1nc2c(c(C3=CCCCC3)c1[C@H](O)c1ccc(C(F)(F)F)cc1)[C@@H](O[Si](C)(C)C(C)(C)C)CC(C)(C)C2. The van der Waals surface area contributed by atoms with Crippen LogP contribution in [0.3, 0.4) is 0 Å². The summed E-state index contributed by atoms with van der Waals surface area (Å²) in [4.78, 5) is 5.28. The van der Waals surface area contributed by atoms with Crippen LogP contribution in [0.25, 0.3) is 5.57 Å². The van der Waals surface area contributed by atoms with Gasteiger partial charge in [0.1, 0.15) is 6.10 Å². The number of aliphatic hydroxyl groups is 1. The molecule has 0 unspecified atom stereocenters. The molecule has 41 heavy (non-hydrogen) atoms. The van der Waals surface area contributed by atoms with Crippen molar-refractivity contribution in [1.82, 2.24) is 4.98 Å². The fourth-order valence-electron chi connectivity index (χ4n) is 6.08. The Labute approximate surface area is 245 Å². The molecule has 1 aromatic heterocycles. The Bertz CT molecular complexity index is 1290. The molecule has 0 radical (unpaired) electrons. The third kappa shape index (κ3) is 6.67. The van der Waals surface area contributed by atoms with E-state index in [1.54, 1.807) is 0 Å². The number of allylic oxidation sites excluding steroid dienone is 2. The van der Waals surface area contributed by atoms with E-state index >= 15 is 0 Å². The Morgan fingerprint density at radius 1 is 1.05 bits per heavy atom. The van der Waals surface area contributed by atoms with Crippen LogP contribution >= 0.6 is 0 Å². The largest absolute Gasteiger partial charge is 0.416 e. The zero-order valence-electron chi connectivity index (χ0n) is 26.3. The Hall–Kier alpha value is -1.96. The van der Waals surface area contributed by atoms with E-state index < -0.39 is 26.2 Å². The van der Waals surface area contributed by atoms with Crippen molar-refractivity contribution < 1.29 is 22.7 Å². The van der Waals surface area contributed by atoms with Gasteiger partial charge < -0.3 is 9.53 Å². The second-order valence-corrected chi connectivity index (χ2v) is 19.5. The van der Waals surface area contributed by atoms with E-state index in [4.69, 9.17) is 9.41 Å². The minimum atomic E-state index is -4.43. The van der Waals surface area contributed by atoms with Crippen LogP contribution in [0.15, 0.2) is 30.3 Å². The minimum absolute atomic E-state index is 0.00689. The molecule has 1 aromatic carbocycles. The molecule has 1 heterocycles. The number of rotatable bonds is 6. The van der Waals surface area contributed by atoms with E-state index in [2.05, 4.69) is 67.6 Å². The van der Waals surface area contributed by atoms with Crippen LogP contribution in [-0.4, -0.2) is 18.4 Å². The maximum atomic E-state index is 13.3. The maximum absolute atomic E-state index is 13.3. The van der Waals surface area contributed by atoms with Crippen molar-refractivity contribution in [3.8, 4) is 0 Å². The predicted molar refractivity (Wildman–Crippen MR) is 163 cm³/mol. The van der Waals surface area contributed by atoms with Crippen molar-refractivity contribution in [1.29, 1.82) is 0 Å². The lowest BCUT2D eigenvalue weighted by Gasteiger charge is -2.45. The lowest BCUT2D eigenvalue weighted by atomic mass is 9.70. The molecule has 0 bridgehead atoms. The molecule has 2 aromatic rings. The number of benzene rings is 1. The minimum Gasteiger partial charge on any atom is -0.410 e. The highest BCUT2D eigenvalue weighted by Gasteiger charge is 2.45. The fourth-order valence-corrected chi connectivity index (χ4v) is 7.34. The lowest BCUT2D eigenvalue weighted by Crippen LogP contribution is -2.44. The molecule has 7 heteroatoms. The van der Waals surface area contributed by atoms with Crippen molar-refractivity contribution in [2.45, 2.75) is 129 Å². The molecular weight excluding hydrogens is 539 g/mol. The number of halogens is 3. The molecule has 1 N–H and O–H groups in total. The van der Waals surface area contributed by atoms with Crippen LogP contribution < -0.4 is 0 Å². The molecule has 0 fully saturated rings. The first kappa shape index (κ1) is 32.0. The van der Waals surface area contributed by atoms with E-state index in [0.29, 0.717) is 5.56 Å². The zero-order valence-corrected chi connectivity index (χ0v) is 27.3. The van der Waals surface area contributed by atoms with Crippen molar-refractivity contribution in [3.63, 3.8) is 0 Å². The van der Waals surface area contributed by atoms with Gasteiger partial charge in [-0.2, -0.15) is 13.2 Å². The molecule has 0 saturated heterocycles. The summed E-state index contributed by atoms with van der Waals surface area (Å²) in [6.07, 6.45) is 2.33. The lowest BCUT2D eigenvalue weighted by molar-refractivity contribution is -0.137. The number of aliphatic hydroxyl groups excluding tert-OH is 1. The Morgan fingerprint density at radius 2 is 1.68 bits per heavy atom. The van der Waals surface area contributed by atoms with E-state index in [9.17, 15) is 18.3 Å². The standard InChI is InChI=1S/C34H48F3NO2Si/c1-21(2)30-29(31(39)23-15-17-24(18-16-23)34(35,36)37)27(22-13-11-10-12-14-22)28-25(38-30)19-33(6,7)20-26(28)40-41(8,9)32(3,4)5/h13,15-18,21,26,31,39H,10-12,14,19-20H2,1-9H3/t26-,31+/m0/s1. The number of hydrogen-bond donors (Lipinski definition) is 1. The number of fused-ring (bicyclic) bond motifs is 1. The van der Waals surface area contributed by atoms with Gasteiger partial charge in [-0.1, -0.05) is 66.7 Å². The summed E-state index contributed by atoms with van der Waals surface area (Å²) in [6.45, 7) is 20.0. The van der Waals surface area contributed by atoms with Crippen LogP contribution in [0.1, 0.15) is 138 Å². The third-order valence-corrected chi connectivity index (χ3v) is 13.8. The van der Waals surface area contributed by atoms with Crippen LogP contribution in [0.5, 0.6) is 0 Å². The molecule has 2 aliphatic rings. The Morgan fingerprint density at radius 3 is 2.20 bits per heavy atom. The van der Waals surface area contributed by atoms with E-state index in [1.807, 2.05) is 0 Å². The zero-order chi connectivity index (χ0) is 30.5.